The molecule has 0 atom stereocenters. The van der Waals surface area contributed by atoms with Gasteiger partial charge in [0.05, 0.1) is 5.69 Å². The number of anilines is 2. The Morgan fingerprint density at radius 1 is 1.17 bits per heavy atom. The zero-order valence-corrected chi connectivity index (χ0v) is 20.2. The van der Waals surface area contributed by atoms with Crippen molar-refractivity contribution in [1.82, 2.24) is 14.9 Å². The van der Waals surface area contributed by atoms with E-state index in [1.165, 1.54) is 27.5 Å². The number of pyridine rings is 1. The number of rotatable bonds is 6. The molecule has 4 nitrogen and oxygen atoms in total. The van der Waals surface area contributed by atoms with Crippen molar-refractivity contribution in [2.45, 2.75) is 49.4 Å². The third kappa shape index (κ3) is 5.55. The Bertz CT molecular complexity index is 1050. The first-order valence-electron chi connectivity index (χ1n) is 10.1. The molecule has 0 bridgehead atoms. The summed E-state index contributed by atoms with van der Waals surface area (Å²) in [7, 11) is 4.16. The molecule has 3 aromatic rings. The molecule has 7 heteroatoms. The van der Waals surface area contributed by atoms with E-state index in [-0.39, 0.29) is 0 Å². The van der Waals surface area contributed by atoms with Gasteiger partial charge >= 0.3 is 0 Å². The van der Waals surface area contributed by atoms with Crippen molar-refractivity contribution in [3.63, 3.8) is 0 Å². The van der Waals surface area contributed by atoms with Crippen LogP contribution < -0.4 is 5.32 Å². The van der Waals surface area contributed by atoms with E-state index in [0.717, 1.165) is 35.2 Å². The van der Waals surface area contributed by atoms with Crippen molar-refractivity contribution in [2.24, 2.45) is 5.41 Å². The van der Waals surface area contributed by atoms with E-state index >= 15 is 0 Å². The fourth-order valence-electron chi connectivity index (χ4n) is 3.66. The number of halogens is 1. The standard InChI is InChI=1S/C23H27ClN4S2/c1-23(2)9-8-18-19(13-23)30-22(25-18)27-21-12-17(11-20(24)26-21)29-16-7-5-6-15(10-16)14-28(3)4/h5-7,10-12H,8-9,13-14H2,1-4H3,(H,25,26,27). The van der Waals surface area contributed by atoms with Crippen LogP contribution in [0.5, 0.6) is 0 Å². The molecule has 1 aliphatic rings. The number of thiazole rings is 1. The predicted octanol–water partition coefficient (Wildman–Crippen LogP) is 6.66. The van der Waals surface area contributed by atoms with Gasteiger partial charge in [0.15, 0.2) is 5.13 Å². The Hall–Kier alpha value is -1.60. The lowest BCUT2D eigenvalue weighted by Gasteiger charge is -2.28. The molecule has 2 heterocycles. The van der Waals surface area contributed by atoms with Gasteiger partial charge in [-0.3, -0.25) is 0 Å². The van der Waals surface area contributed by atoms with Crippen LogP contribution in [0, 0.1) is 5.41 Å². The minimum absolute atomic E-state index is 0.357. The second kappa shape index (κ2) is 8.87. The van der Waals surface area contributed by atoms with Crippen LogP contribution in [0.4, 0.5) is 10.9 Å². The van der Waals surface area contributed by atoms with Gasteiger partial charge in [0.25, 0.3) is 0 Å². The van der Waals surface area contributed by atoms with Gasteiger partial charge in [0, 0.05) is 21.2 Å². The highest BCUT2D eigenvalue weighted by Gasteiger charge is 2.28. The van der Waals surface area contributed by atoms with Crippen molar-refractivity contribution in [3.05, 3.63) is 57.7 Å². The molecule has 2 aromatic heterocycles. The average Bonchev–Trinajstić information content (AvgIpc) is 3.01. The molecule has 158 valence electrons. The van der Waals surface area contributed by atoms with E-state index in [2.05, 4.69) is 67.4 Å². The molecule has 0 saturated carbocycles. The molecule has 1 aliphatic carbocycles. The molecule has 1 N–H and O–H groups in total. The van der Waals surface area contributed by atoms with Gasteiger partial charge < -0.3 is 10.2 Å². The fraction of sp³-hybridized carbons (Fsp3) is 0.391. The van der Waals surface area contributed by atoms with Crippen molar-refractivity contribution < 1.29 is 0 Å². The molecule has 30 heavy (non-hydrogen) atoms. The number of aryl methyl sites for hydroxylation is 1. The molecule has 0 amide bonds. The van der Waals surface area contributed by atoms with Crippen LogP contribution in [-0.4, -0.2) is 29.0 Å². The molecule has 0 aliphatic heterocycles. The van der Waals surface area contributed by atoms with Crippen molar-refractivity contribution in [1.29, 1.82) is 0 Å². The Morgan fingerprint density at radius 3 is 2.80 bits per heavy atom. The van der Waals surface area contributed by atoms with Gasteiger partial charge in [0.1, 0.15) is 11.0 Å². The summed E-state index contributed by atoms with van der Waals surface area (Å²) < 4.78 is 0. The largest absolute Gasteiger partial charge is 0.316 e. The SMILES string of the molecule is CN(C)Cc1cccc(Sc2cc(Cl)nc(Nc3nc4c(s3)CC(C)(C)CC4)c2)c1. The minimum Gasteiger partial charge on any atom is -0.316 e. The van der Waals surface area contributed by atoms with E-state index in [1.54, 1.807) is 23.1 Å². The molecule has 0 saturated heterocycles. The quantitative estimate of drug-likeness (QED) is 0.418. The Labute approximate surface area is 192 Å². The first-order chi connectivity index (χ1) is 14.3. The Morgan fingerprint density at radius 2 is 2.00 bits per heavy atom. The van der Waals surface area contributed by atoms with Gasteiger partial charge in [-0.15, -0.1) is 11.3 Å². The van der Waals surface area contributed by atoms with Crippen molar-refractivity contribution >= 4 is 45.6 Å². The summed E-state index contributed by atoms with van der Waals surface area (Å²) in [4.78, 5) is 15.1. The van der Waals surface area contributed by atoms with Crippen LogP contribution in [0.2, 0.25) is 5.15 Å². The van der Waals surface area contributed by atoms with Crippen LogP contribution in [0.3, 0.4) is 0 Å². The van der Waals surface area contributed by atoms with Crippen molar-refractivity contribution in [3.8, 4) is 0 Å². The summed E-state index contributed by atoms with van der Waals surface area (Å²) >= 11 is 9.77. The monoisotopic (exact) mass is 458 g/mol. The molecule has 0 fully saturated rings. The molecule has 0 spiro atoms. The summed E-state index contributed by atoms with van der Waals surface area (Å²) in [5, 5.41) is 4.77. The van der Waals surface area contributed by atoms with Crippen LogP contribution in [0.1, 0.15) is 36.4 Å². The lowest BCUT2D eigenvalue weighted by molar-refractivity contribution is 0.316. The normalized spacial score (nSPS) is 15.3. The van der Waals surface area contributed by atoms with Crippen molar-refractivity contribution in [2.75, 3.05) is 19.4 Å². The van der Waals surface area contributed by atoms with Crippen LogP contribution in [0.15, 0.2) is 46.2 Å². The van der Waals surface area contributed by atoms with Gasteiger partial charge in [-0.25, -0.2) is 9.97 Å². The fourth-order valence-corrected chi connectivity index (χ4v) is 6.18. The topological polar surface area (TPSA) is 41.1 Å². The molecule has 1 aromatic carbocycles. The van der Waals surface area contributed by atoms with E-state index < -0.39 is 0 Å². The first-order valence-corrected chi connectivity index (χ1v) is 12.1. The zero-order valence-electron chi connectivity index (χ0n) is 17.8. The Balaban J connectivity index is 1.51. The van der Waals surface area contributed by atoms with Gasteiger partial charge in [0.2, 0.25) is 0 Å². The lowest BCUT2D eigenvalue weighted by Crippen LogP contribution is -2.20. The van der Waals surface area contributed by atoms with E-state index in [1.807, 2.05) is 12.1 Å². The van der Waals surface area contributed by atoms with E-state index in [4.69, 9.17) is 16.6 Å². The van der Waals surface area contributed by atoms with Gasteiger partial charge in [-0.05, 0) is 68.6 Å². The highest BCUT2D eigenvalue weighted by atomic mass is 35.5. The maximum absolute atomic E-state index is 6.33. The number of aromatic nitrogens is 2. The second-order valence-electron chi connectivity index (χ2n) is 8.85. The zero-order chi connectivity index (χ0) is 21.3. The van der Waals surface area contributed by atoms with E-state index in [0.29, 0.717) is 10.6 Å². The predicted molar refractivity (Wildman–Crippen MR) is 128 cm³/mol. The highest BCUT2D eigenvalue weighted by Crippen LogP contribution is 2.39. The minimum atomic E-state index is 0.357. The number of nitrogens with zero attached hydrogens (tertiary/aromatic N) is 3. The van der Waals surface area contributed by atoms with Crippen LogP contribution in [-0.2, 0) is 19.4 Å². The third-order valence-corrected chi connectivity index (χ3v) is 7.26. The number of benzene rings is 1. The highest BCUT2D eigenvalue weighted by molar-refractivity contribution is 7.99. The molecule has 0 radical (unpaired) electrons. The maximum Gasteiger partial charge on any atom is 0.188 e. The molecular weight excluding hydrogens is 432 g/mol. The number of fused-ring (bicyclic) bond motifs is 1. The average molecular weight is 459 g/mol. The smallest absolute Gasteiger partial charge is 0.188 e. The number of nitrogens with one attached hydrogen (secondary N) is 1. The summed E-state index contributed by atoms with van der Waals surface area (Å²) in [5.41, 5.74) is 2.88. The van der Waals surface area contributed by atoms with Gasteiger partial charge in [-0.1, -0.05) is 49.3 Å². The summed E-state index contributed by atoms with van der Waals surface area (Å²) in [5.74, 6) is 0.736. The van der Waals surface area contributed by atoms with E-state index in [9.17, 15) is 0 Å². The van der Waals surface area contributed by atoms with Gasteiger partial charge in [-0.2, -0.15) is 0 Å². The lowest BCUT2D eigenvalue weighted by atomic mass is 9.79. The summed E-state index contributed by atoms with van der Waals surface area (Å²) in [6, 6.07) is 12.6. The number of hydrogen-bond donors (Lipinski definition) is 1. The second-order valence-corrected chi connectivity index (χ2v) is 11.5. The molecular formula is C23H27ClN4S2. The van der Waals surface area contributed by atoms with Crippen LogP contribution in [0.25, 0.3) is 0 Å². The Kier molecular flexibility index (Phi) is 6.39. The molecule has 4 rings (SSSR count). The first kappa shape index (κ1) is 21.6. The summed E-state index contributed by atoms with van der Waals surface area (Å²) in [6.45, 7) is 5.58. The maximum atomic E-state index is 6.33. The summed E-state index contributed by atoms with van der Waals surface area (Å²) in [6.07, 6.45) is 3.33. The molecule has 0 unspecified atom stereocenters. The third-order valence-electron chi connectivity index (χ3n) is 5.09. The number of hydrogen-bond acceptors (Lipinski definition) is 6. The van der Waals surface area contributed by atoms with Crippen LogP contribution >= 0.6 is 34.7 Å².